The summed E-state index contributed by atoms with van der Waals surface area (Å²) in [6.07, 6.45) is 1.62. The number of hydrogen-bond donors (Lipinski definition) is 2. The van der Waals surface area contributed by atoms with Crippen LogP contribution in [0.15, 0.2) is 18.2 Å². The van der Waals surface area contributed by atoms with Crippen LogP contribution in [-0.2, 0) is 4.79 Å². The number of ether oxygens (including phenoxy) is 1. The maximum atomic E-state index is 11.5. The number of non-ortho nitro benzene ring substituents is 1. The highest BCUT2D eigenvalue weighted by atomic mass is 35.5. The lowest BCUT2D eigenvalue weighted by atomic mass is 9.95. The topological polar surface area (TPSA) is 121 Å². The van der Waals surface area contributed by atoms with Crippen LogP contribution in [0.2, 0.25) is 5.02 Å². The van der Waals surface area contributed by atoms with Crippen molar-refractivity contribution in [2.45, 2.75) is 18.4 Å². The molecule has 1 amide bonds. The van der Waals surface area contributed by atoms with E-state index >= 15 is 0 Å². The first-order valence-electron chi connectivity index (χ1n) is 6.00. The number of nitrogens with zero attached hydrogens (tertiary/aromatic N) is 1. The molecule has 0 aliphatic heterocycles. The molecule has 7 nitrogen and oxygen atoms in total. The Labute approximate surface area is 120 Å². The summed E-state index contributed by atoms with van der Waals surface area (Å²) in [5.41, 5.74) is 9.85. The van der Waals surface area contributed by atoms with Gasteiger partial charge in [-0.25, -0.2) is 0 Å². The number of primary amides is 1. The Morgan fingerprint density at radius 2 is 2.20 bits per heavy atom. The number of benzene rings is 1. The summed E-state index contributed by atoms with van der Waals surface area (Å²) >= 11 is 5.90. The van der Waals surface area contributed by atoms with Crippen molar-refractivity contribution in [1.29, 1.82) is 0 Å². The van der Waals surface area contributed by atoms with Crippen LogP contribution in [0.4, 0.5) is 5.69 Å². The average Bonchev–Trinajstić information content (AvgIpc) is 3.21. The highest BCUT2D eigenvalue weighted by Crippen LogP contribution is 2.39. The van der Waals surface area contributed by atoms with Crippen molar-refractivity contribution in [2.24, 2.45) is 17.4 Å². The van der Waals surface area contributed by atoms with Gasteiger partial charge in [-0.1, -0.05) is 11.6 Å². The first kappa shape index (κ1) is 14.5. The third-order valence-corrected chi connectivity index (χ3v) is 3.67. The van der Waals surface area contributed by atoms with Gasteiger partial charge in [0.15, 0.2) is 0 Å². The van der Waals surface area contributed by atoms with Gasteiger partial charge in [0, 0.05) is 6.07 Å². The molecular weight excluding hydrogens is 286 g/mol. The average molecular weight is 300 g/mol. The van der Waals surface area contributed by atoms with Gasteiger partial charge in [0.2, 0.25) is 5.91 Å². The predicted molar refractivity (Wildman–Crippen MR) is 72.4 cm³/mol. The van der Waals surface area contributed by atoms with Gasteiger partial charge in [-0.05, 0) is 24.8 Å². The maximum Gasteiger partial charge on any atom is 0.273 e. The Bertz CT molecular complexity index is 562. The van der Waals surface area contributed by atoms with Gasteiger partial charge in [0.25, 0.3) is 5.69 Å². The van der Waals surface area contributed by atoms with Crippen molar-refractivity contribution in [2.75, 3.05) is 6.61 Å². The van der Waals surface area contributed by atoms with E-state index in [9.17, 15) is 14.9 Å². The van der Waals surface area contributed by atoms with E-state index in [1.807, 2.05) is 0 Å². The summed E-state index contributed by atoms with van der Waals surface area (Å²) < 4.78 is 5.39. The number of carbonyl (C=O) groups is 1. The van der Waals surface area contributed by atoms with E-state index in [2.05, 4.69) is 0 Å². The summed E-state index contributed by atoms with van der Waals surface area (Å²) in [5.74, 6) is -0.559. The number of nitrogens with two attached hydrogens (primary N) is 2. The smallest absolute Gasteiger partial charge is 0.273 e. The lowest BCUT2D eigenvalue weighted by Gasteiger charge is -2.25. The Morgan fingerprint density at radius 1 is 1.55 bits per heavy atom. The van der Waals surface area contributed by atoms with Crippen LogP contribution in [0.5, 0.6) is 5.75 Å². The molecule has 0 bridgehead atoms. The molecule has 8 heteroatoms. The molecule has 20 heavy (non-hydrogen) atoms. The molecule has 0 spiro atoms. The van der Waals surface area contributed by atoms with Crippen molar-refractivity contribution >= 4 is 23.2 Å². The molecule has 1 aliphatic rings. The Hall–Kier alpha value is -1.86. The van der Waals surface area contributed by atoms with E-state index < -0.39 is 16.4 Å². The largest absolute Gasteiger partial charge is 0.489 e. The molecule has 1 fully saturated rings. The molecule has 1 saturated carbocycles. The predicted octanol–water partition coefficient (Wildman–Crippen LogP) is 1.22. The molecular formula is C12H14ClN3O4. The number of nitro groups is 1. The molecule has 1 atom stereocenters. The van der Waals surface area contributed by atoms with Crippen LogP contribution < -0.4 is 16.2 Å². The highest BCUT2D eigenvalue weighted by molar-refractivity contribution is 6.32. The molecule has 2 rings (SSSR count). The number of amides is 1. The Kier molecular flexibility index (Phi) is 3.82. The molecule has 1 aromatic carbocycles. The summed E-state index contributed by atoms with van der Waals surface area (Å²) in [6, 6.07) is 3.81. The van der Waals surface area contributed by atoms with Gasteiger partial charge in [-0.2, -0.15) is 0 Å². The second kappa shape index (κ2) is 5.26. The second-order valence-electron chi connectivity index (χ2n) is 4.84. The van der Waals surface area contributed by atoms with Crippen LogP contribution >= 0.6 is 11.6 Å². The van der Waals surface area contributed by atoms with Crippen molar-refractivity contribution in [1.82, 2.24) is 0 Å². The summed E-state index contributed by atoms with van der Waals surface area (Å²) in [7, 11) is 0. The molecule has 1 aromatic rings. The van der Waals surface area contributed by atoms with Crippen molar-refractivity contribution in [3.8, 4) is 5.75 Å². The zero-order valence-electron chi connectivity index (χ0n) is 10.5. The normalized spacial score (nSPS) is 17.3. The number of hydrogen-bond acceptors (Lipinski definition) is 5. The fourth-order valence-electron chi connectivity index (χ4n) is 1.90. The molecule has 108 valence electrons. The number of carbonyl (C=O) groups excluding carboxylic acids is 1. The van der Waals surface area contributed by atoms with Crippen molar-refractivity contribution in [3.05, 3.63) is 33.3 Å². The van der Waals surface area contributed by atoms with Gasteiger partial charge in [-0.3, -0.25) is 14.9 Å². The maximum absolute atomic E-state index is 11.5. The van der Waals surface area contributed by atoms with Crippen molar-refractivity contribution < 1.29 is 14.5 Å². The third-order valence-electron chi connectivity index (χ3n) is 3.36. The Morgan fingerprint density at radius 3 is 2.70 bits per heavy atom. The molecule has 0 radical (unpaired) electrons. The minimum absolute atomic E-state index is 0.0162. The SMILES string of the molecule is NC(=O)C(N)(COc1cc([N+](=O)[O-])ccc1Cl)C1CC1. The van der Waals surface area contributed by atoms with E-state index in [1.165, 1.54) is 18.2 Å². The highest BCUT2D eigenvalue weighted by Gasteiger charge is 2.47. The van der Waals surface area contributed by atoms with E-state index in [1.54, 1.807) is 0 Å². The Balaban J connectivity index is 2.15. The molecule has 0 heterocycles. The van der Waals surface area contributed by atoms with E-state index in [0.717, 1.165) is 12.8 Å². The summed E-state index contributed by atoms with van der Waals surface area (Å²) in [4.78, 5) is 21.6. The lowest BCUT2D eigenvalue weighted by molar-refractivity contribution is -0.384. The molecule has 1 aliphatic carbocycles. The van der Waals surface area contributed by atoms with Crippen molar-refractivity contribution in [3.63, 3.8) is 0 Å². The quantitative estimate of drug-likeness (QED) is 0.604. The van der Waals surface area contributed by atoms with Gasteiger partial charge >= 0.3 is 0 Å². The van der Waals surface area contributed by atoms with Crippen LogP contribution in [-0.4, -0.2) is 23.0 Å². The fourth-order valence-corrected chi connectivity index (χ4v) is 2.07. The van der Waals surface area contributed by atoms with Gasteiger partial charge < -0.3 is 16.2 Å². The first-order valence-corrected chi connectivity index (χ1v) is 6.38. The summed E-state index contributed by atoms with van der Waals surface area (Å²) in [5, 5.41) is 10.9. The fraction of sp³-hybridized carbons (Fsp3) is 0.417. The van der Waals surface area contributed by atoms with Crippen LogP contribution in [0, 0.1) is 16.0 Å². The van der Waals surface area contributed by atoms with Crippen LogP contribution in [0.3, 0.4) is 0 Å². The zero-order valence-corrected chi connectivity index (χ0v) is 11.3. The van der Waals surface area contributed by atoms with Gasteiger partial charge in [0.1, 0.15) is 17.9 Å². The number of rotatable bonds is 6. The number of nitro benzene ring substituents is 1. The van der Waals surface area contributed by atoms with E-state index in [-0.39, 0.29) is 29.0 Å². The zero-order chi connectivity index (χ0) is 14.9. The van der Waals surface area contributed by atoms with E-state index in [0.29, 0.717) is 0 Å². The summed E-state index contributed by atoms with van der Waals surface area (Å²) in [6.45, 7) is -0.159. The lowest BCUT2D eigenvalue weighted by Crippen LogP contribution is -2.58. The third kappa shape index (κ3) is 2.83. The van der Waals surface area contributed by atoms with Crippen LogP contribution in [0.25, 0.3) is 0 Å². The van der Waals surface area contributed by atoms with Crippen LogP contribution in [0.1, 0.15) is 12.8 Å². The second-order valence-corrected chi connectivity index (χ2v) is 5.25. The van der Waals surface area contributed by atoms with Gasteiger partial charge in [-0.15, -0.1) is 0 Å². The minimum Gasteiger partial charge on any atom is -0.489 e. The monoisotopic (exact) mass is 299 g/mol. The molecule has 4 N–H and O–H groups in total. The minimum atomic E-state index is -1.27. The molecule has 1 unspecified atom stereocenters. The first-order chi connectivity index (χ1) is 9.34. The molecule has 0 saturated heterocycles. The molecule has 0 aromatic heterocycles. The van der Waals surface area contributed by atoms with Gasteiger partial charge in [0.05, 0.1) is 16.0 Å². The van der Waals surface area contributed by atoms with E-state index in [4.69, 9.17) is 27.8 Å². The standard InChI is InChI=1S/C12H14ClN3O4/c13-9-4-3-8(16(18)19)5-10(9)20-6-12(15,11(14)17)7-1-2-7/h3-5,7H,1-2,6,15H2,(H2,14,17). The number of halogens is 1.